The number of hydrogen-bond acceptors (Lipinski definition) is 4. The molecule has 1 aromatic heterocycles. The molecule has 1 aliphatic rings. The quantitative estimate of drug-likeness (QED) is 0.781. The van der Waals surface area contributed by atoms with Gasteiger partial charge in [-0.15, -0.1) is 11.6 Å². The Bertz CT molecular complexity index is 581. The van der Waals surface area contributed by atoms with Crippen molar-refractivity contribution in [3.8, 4) is 0 Å². The van der Waals surface area contributed by atoms with Gasteiger partial charge in [-0.05, 0) is 13.8 Å². The molecule has 114 valence electrons. The van der Waals surface area contributed by atoms with Gasteiger partial charge >= 0.3 is 0 Å². The molecule has 0 radical (unpaired) electrons. The van der Waals surface area contributed by atoms with E-state index in [1.165, 1.54) is 15.2 Å². The maximum atomic E-state index is 12.7. The second-order valence-corrected chi connectivity index (χ2v) is 7.94. The minimum absolute atomic E-state index is 0.00908. The van der Waals surface area contributed by atoms with E-state index >= 15 is 0 Å². The van der Waals surface area contributed by atoms with E-state index in [-0.39, 0.29) is 35.1 Å². The molecule has 0 aromatic carbocycles. The van der Waals surface area contributed by atoms with E-state index in [9.17, 15) is 8.42 Å². The summed E-state index contributed by atoms with van der Waals surface area (Å²) < 4.78 is 33.8. The topological polar surface area (TPSA) is 64.4 Å². The molecule has 0 amide bonds. The number of morpholine rings is 1. The highest BCUT2D eigenvalue weighted by Gasteiger charge is 2.40. The molecular weight excluding hydrogens is 325 g/mol. The van der Waals surface area contributed by atoms with Crippen molar-refractivity contribution in [1.29, 1.82) is 0 Å². The van der Waals surface area contributed by atoms with Gasteiger partial charge < -0.3 is 4.74 Å². The summed E-state index contributed by atoms with van der Waals surface area (Å²) in [6.07, 6.45) is 0.973. The molecule has 0 spiro atoms. The average molecular weight is 342 g/mol. The molecule has 1 aliphatic heterocycles. The molecule has 1 saturated heterocycles. The van der Waals surface area contributed by atoms with Crippen LogP contribution in [0.1, 0.15) is 13.8 Å². The minimum Gasteiger partial charge on any atom is -0.368 e. The smallest absolute Gasteiger partial charge is 0.261 e. The van der Waals surface area contributed by atoms with Crippen molar-refractivity contribution in [2.75, 3.05) is 19.0 Å². The molecule has 1 unspecified atom stereocenters. The van der Waals surface area contributed by atoms with Crippen LogP contribution in [-0.4, -0.2) is 53.2 Å². The first-order valence-electron chi connectivity index (χ1n) is 6.09. The molecule has 1 atom stereocenters. The lowest BCUT2D eigenvalue weighted by molar-refractivity contribution is -0.108. The summed E-state index contributed by atoms with van der Waals surface area (Å²) in [5.74, 6) is 0.231. The van der Waals surface area contributed by atoms with Crippen LogP contribution >= 0.6 is 23.2 Å². The van der Waals surface area contributed by atoms with Gasteiger partial charge in [0.1, 0.15) is 0 Å². The molecule has 6 nitrogen and oxygen atoms in total. The van der Waals surface area contributed by atoms with E-state index < -0.39 is 15.6 Å². The second-order valence-electron chi connectivity index (χ2n) is 5.37. The predicted molar refractivity (Wildman–Crippen MR) is 76.6 cm³/mol. The number of halogens is 2. The van der Waals surface area contributed by atoms with Gasteiger partial charge in [0.2, 0.25) is 0 Å². The van der Waals surface area contributed by atoms with Crippen LogP contribution in [0.4, 0.5) is 0 Å². The van der Waals surface area contributed by atoms with Gasteiger partial charge in [0, 0.05) is 26.0 Å². The van der Waals surface area contributed by atoms with E-state index in [1.807, 2.05) is 13.8 Å². The Kier molecular flexibility index (Phi) is 4.37. The molecule has 0 bridgehead atoms. The zero-order valence-electron chi connectivity index (χ0n) is 11.5. The molecule has 2 heterocycles. The maximum Gasteiger partial charge on any atom is 0.261 e. The summed E-state index contributed by atoms with van der Waals surface area (Å²) in [6, 6.07) is 0. The van der Waals surface area contributed by atoms with Crippen molar-refractivity contribution in [2.24, 2.45) is 7.05 Å². The number of ether oxygens (including phenoxy) is 1. The minimum atomic E-state index is -3.73. The molecule has 1 fully saturated rings. The Morgan fingerprint density at radius 3 is 2.70 bits per heavy atom. The largest absolute Gasteiger partial charge is 0.368 e. The Morgan fingerprint density at radius 2 is 2.20 bits per heavy atom. The summed E-state index contributed by atoms with van der Waals surface area (Å²) in [4.78, 5) is 0. The van der Waals surface area contributed by atoms with E-state index in [4.69, 9.17) is 27.9 Å². The van der Waals surface area contributed by atoms with Crippen molar-refractivity contribution >= 4 is 33.2 Å². The van der Waals surface area contributed by atoms with Crippen molar-refractivity contribution in [3.63, 3.8) is 0 Å². The monoisotopic (exact) mass is 341 g/mol. The van der Waals surface area contributed by atoms with Gasteiger partial charge in [-0.3, -0.25) is 4.68 Å². The van der Waals surface area contributed by atoms with Crippen LogP contribution in [0.3, 0.4) is 0 Å². The van der Waals surface area contributed by atoms with Crippen molar-refractivity contribution in [2.45, 2.75) is 30.6 Å². The lowest BCUT2D eigenvalue weighted by Crippen LogP contribution is -2.55. The highest BCUT2D eigenvalue weighted by Crippen LogP contribution is 2.29. The van der Waals surface area contributed by atoms with Gasteiger partial charge in [0.15, 0.2) is 5.03 Å². The van der Waals surface area contributed by atoms with Gasteiger partial charge in [-0.1, -0.05) is 11.6 Å². The number of sulfonamides is 1. The molecule has 1 aromatic rings. The number of aryl methyl sites for hydroxylation is 1. The second kappa shape index (κ2) is 5.46. The molecule has 0 saturated carbocycles. The van der Waals surface area contributed by atoms with E-state index in [0.717, 1.165) is 0 Å². The third-order valence-corrected chi connectivity index (χ3v) is 5.71. The standard InChI is InChI=1S/C11H17Cl2N3O3S/c1-11(2)7-16(6-8(4-12)19-11)20(17,18)10-9(13)5-14-15(10)3/h5,8H,4,6-7H2,1-3H3. The van der Waals surface area contributed by atoms with Crippen molar-refractivity contribution < 1.29 is 13.2 Å². The molecule has 9 heteroatoms. The SMILES string of the molecule is Cn1ncc(Cl)c1S(=O)(=O)N1CC(CCl)OC(C)(C)C1. The van der Waals surface area contributed by atoms with Crippen LogP contribution < -0.4 is 0 Å². The number of rotatable bonds is 3. The molecular formula is C11H17Cl2N3O3S. The predicted octanol–water partition coefficient (Wildman–Crippen LogP) is 1.48. The van der Waals surface area contributed by atoms with Gasteiger partial charge in [0.05, 0.1) is 22.9 Å². The van der Waals surface area contributed by atoms with Crippen LogP contribution in [0.5, 0.6) is 0 Å². The van der Waals surface area contributed by atoms with Crippen LogP contribution in [0, 0.1) is 0 Å². The zero-order chi connectivity index (χ0) is 15.1. The number of nitrogens with zero attached hydrogens (tertiary/aromatic N) is 3. The number of aromatic nitrogens is 2. The Morgan fingerprint density at radius 1 is 1.55 bits per heavy atom. The molecule has 2 rings (SSSR count). The fourth-order valence-electron chi connectivity index (χ4n) is 2.32. The van der Waals surface area contributed by atoms with Gasteiger partial charge in [-0.2, -0.15) is 9.40 Å². The molecule has 20 heavy (non-hydrogen) atoms. The van der Waals surface area contributed by atoms with Gasteiger partial charge in [0.25, 0.3) is 10.0 Å². The highest BCUT2D eigenvalue weighted by atomic mass is 35.5. The fourth-order valence-corrected chi connectivity index (χ4v) is 4.70. The van der Waals surface area contributed by atoms with Crippen LogP contribution in [0.2, 0.25) is 5.02 Å². The first-order valence-corrected chi connectivity index (χ1v) is 8.44. The first kappa shape index (κ1) is 16.0. The maximum absolute atomic E-state index is 12.7. The third-order valence-electron chi connectivity index (χ3n) is 3.05. The van der Waals surface area contributed by atoms with Crippen LogP contribution in [-0.2, 0) is 21.8 Å². The highest BCUT2D eigenvalue weighted by molar-refractivity contribution is 7.89. The Labute approximate surface area is 128 Å². The first-order chi connectivity index (χ1) is 9.17. The third kappa shape index (κ3) is 2.96. The molecule has 0 aliphatic carbocycles. The normalized spacial score (nSPS) is 23.9. The molecule has 0 N–H and O–H groups in total. The number of hydrogen-bond donors (Lipinski definition) is 0. The zero-order valence-corrected chi connectivity index (χ0v) is 13.8. The van der Waals surface area contributed by atoms with E-state index in [2.05, 4.69) is 5.10 Å². The van der Waals surface area contributed by atoms with E-state index in [1.54, 1.807) is 7.05 Å². The lowest BCUT2D eigenvalue weighted by Gasteiger charge is -2.41. The average Bonchev–Trinajstić information content (AvgIpc) is 2.67. The summed E-state index contributed by atoms with van der Waals surface area (Å²) in [5, 5.41) is 3.98. The Balaban J connectivity index is 2.39. The number of alkyl halides is 1. The van der Waals surface area contributed by atoms with E-state index in [0.29, 0.717) is 0 Å². The van der Waals surface area contributed by atoms with Gasteiger partial charge in [-0.25, -0.2) is 8.42 Å². The summed E-state index contributed by atoms with van der Waals surface area (Å²) in [7, 11) is -2.19. The van der Waals surface area contributed by atoms with Crippen molar-refractivity contribution in [1.82, 2.24) is 14.1 Å². The lowest BCUT2D eigenvalue weighted by atomic mass is 10.1. The summed E-state index contributed by atoms with van der Waals surface area (Å²) >= 11 is 11.8. The van der Waals surface area contributed by atoms with Crippen molar-refractivity contribution in [3.05, 3.63) is 11.2 Å². The Hall–Kier alpha value is -0.340. The fraction of sp³-hybridized carbons (Fsp3) is 0.727. The summed E-state index contributed by atoms with van der Waals surface area (Å²) in [5.41, 5.74) is -0.601. The van der Waals surface area contributed by atoms with Crippen LogP contribution in [0.15, 0.2) is 11.2 Å². The van der Waals surface area contributed by atoms with Crippen LogP contribution in [0.25, 0.3) is 0 Å². The summed E-state index contributed by atoms with van der Waals surface area (Å²) in [6.45, 7) is 4.11.